The second-order valence-corrected chi connectivity index (χ2v) is 6.87. The largest absolute Gasteiger partial charge is 0.361 e. The molecule has 0 saturated carbocycles. The predicted molar refractivity (Wildman–Crippen MR) is 106 cm³/mol. The molecular weight excluding hydrogens is 354 g/mol. The average molecular weight is 375 g/mol. The monoisotopic (exact) mass is 375 g/mol. The first-order valence-electron chi connectivity index (χ1n) is 9.42. The van der Waals surface area contributed by atoms with Crippen molar-refractivity contribution in [2.75, 3.05) is 13.1 Å². The lowest BCUT2D eigenvalue weighted by Crippen LogP contribution is -2.32. The number of hydrogen-bond acceptors (Lipinski definition) is 3. The summed E-state index contributed by atoms with van der Waals surface area (Å²) in [6, 6.07) is 14.9. The van der Waals surface area contributed by atoms with Crippen LogP contribution < -0.4 is 5.32 Å². The number of rotatable bonds is 7. The molecule has 28 heavy (non-hydrogen) atoms. The van der Waals surface area contributed by atoms with Crippen molar-refractivity contribution >= 4 is 28.6 Å². The van der Waals surface area contributed by atoms with Gasteiger partial charge in [-0.3, -0.25) is 19.3 Å². The number of nitrogens with one attached hydrogen (secondary N) is 2. The van der Waals surface area contributed by atoms with Crippen LogP contribution in [-0.4, -0.2) is 40.7 Å². The zero-order chi connectivity index (χ0) is 19.5. The molecule has 0 spiro atoms. The molecule has 1 aromatic heterocycles. The van der Waals surface area contributed by atoms with Crippen LogP contribution in [0.2, 0.25) is 0 Å². The van der Waals surface area contributed by atoms with Crippen molar-refractivity contribution in [3.8, 4) is 0 Å². The van der Waals surface area contributed by atoms with Crippen LogP contribution in [0.5, 0.6) is 0 Å². The Morgan fingerprint density at radius 1 is 0.964 bits per heavy atom. The van der Waals surface area contributed by atoms with E-state index in [0.717, 1.165) is 11.9 Å². The molecule has 2 aromatic carbocycles. The Kier molecular flexibility index (Phi) is 4.93. The number of carbonyl (C=O) groups excluding carboxylic acids is 3. The first-order valence-corrected chi connectivity index (χ1v) is 9.42. The van der Waals surface area contributed by atoms with Gasteiger partial charge in [-0.2, -0.15) is 0 Å². The maximum absolute atomic E-state index is 12.3. The van der Waals surface area contributed by atoms with Gasteiger partial charge >= 0.3 is 0 Å². The van der Waals surface area contributed by atoms with Crippen LogP contribution in [0, 0.1) is 0 Å². The van der Waals surface area contributed by atoms with Gasteiger partial charge in [-0.15, -0.1) is 0 Å². The average Bonchev–Trinajstić information content (AvgIpc) is 3.23. The lowest BCUT2D eigenvalue weighted by Gasteiger charge is -2.13. The van der Waals surface area contributed by atoms with Gasteiger partial charge in [0, 0.05) is 36.6 Å². The molecule has 0 atom stereocenters. The Labute approximate surface area is 162 Å². The Balaban J connectivity index is 1.22. The highest BCUT2D eigenvalue weighted by molar-refractivity contribution is 6.21. The summed E-state index contributed by atoms with van der Waals surface area (Å²) in [5.41, 5.74) is 3.14. The number of aromatic amines is 1. The van der Waals surface area contributed by atoms with E-state index in [1.165, 1.54) is 15.8 Å². The molecule has 0 saturated heterocycles. The van der Waals surface area contributed by atoms with E-state index in [2.05, 4.69) is 16.4 Å². The third kappa shape index (κ3) is 3.41. The number of hydrogen-bond donors (Lipinski definition) is 2. The summed E-state index contributed by atoms with van der Waals surface area (Å²) in [6.07, 6.45) is 3.44. The standard InChI is InChI=1S/C22H21N3O3/c26-20(23-12-11-15-14-24-19-9-4-3-6-16(15)19)10-5-13-25-21(27)17-7-1-2-8-18(17)22(25)28/h1-4,6-9,14,24H,5,10-13H2,(H,23,26). The van der Waals surface area contributed by atoms with Crippen molar-refractivity contribution in [3.05, 3.63) is 71.4 Å². The molecule has 142 valence electrons. The van der Waals surface area contributed by atoms with E-state index >= 15 is 0 Å². The zero-order valence-electron chi connectivity index (χ0n) is 15.4. The van der Waals surface area contributed by atoms with Crippen LogP contribution in [-0.2, 0) is 11.2 Å². The maximum atomic E-state index is 12.3. The van der Waals surface area contributed by atoms with Crippen LogP contribution in [0.25, 0.3) is 10.9 Å². The second-order valence-electron chi connectivity index (χ2n) is 6.87. The topological polar surface area (TPSA) is 82.3 Å². The third-order valence-corrected chi connectivity index (χ3v) is 5.06. The van der Waals surface area contributed by atoms with Gasteiger partial charge in [0.2, 0.25) is 5.91 Å². The molecule has 1 aliphatic heterocycles. The fraction of sp³-hybridized carbons (Fsp3) is 0.227. The molecule has 0 aliphatic carbocycles. The fourth-order valence-electron chi connectivity index (χ4n) is 3.60. The number of nitrogens with zero attached hydrogens (tertiary/aromatic N) is 1. The number of benzene rings is 2. The van der Waals surface area contributed by atoms with Gasteiger partial charge in [-0.1, -0.05) is 30.3 Å². The molecule has 0 radical (unpaired) electrons. The van der Waals surface area contributed by atoms with E-state index in [4.69, 9.17) is 0 Å². The maximum Gasteiger partial charge on any atom is 0.261 e. The zero-order valence-corrected chi connectivity index (χ0v) is 15.4. The normalized spacial score (nSPS) is 13.2. The molecule has 0 fully saturated rings. The highest BCUT2D eigenvalue weighted by Crippen LogP contribution is 2.22. The van der Waals surface area contributed by atoms with Crippen molar-refractivity contribution in [2.24, 2.45) is 0 Å². The summed E-state index contributed by atoms with van der Waals surface area (Å²) in [6.45, 7) is 0.802. The molecular formula is C22H21N3O3. The van der Waals surface area contributed by atoms with Crippen LogP contribution in [0.3, 0.4) is 0 Å². The Bertz CT molecular complexity index is 1020. The second kappa shape index (κ2) is 7.68. The molecule has 2 heterocycles. The van der Waals surface area contributed by atoms with E-state index in [0.29, 0.717) is 24.1 Å². The van der Waals surface area contributed by atoms with Gasteiger partial charge in [0.25, 0.3) is 11.8 Å². The smallest absolute Gasteiger partial charge is 0.261 e. The number of para-hydroxylation sites is 1. The quantitative estimate of drug-likeness (QED) is 0.623. The summed E-state index contributed by atoms with van der Waals surface area (Å²) in [4.78, 5) is 41.1. The van der Waals surface area contributed by atoms with Crippen LogP contribution in [0.4, 0.5) is 0 Å². The molecule has 3 aromatic rings. The molecule has 4 rings (SSSR count). The van der Waals surface area contributed by atoms with Gasteiger partial charge in [-0.05, 0) is 36.6 Å². The Hall–Kier alpha value is -3.41. The van der Waals surface area contributed by atoms with Crippen LogP contribution >= 0.6 is 0 Å². The molecule has 1 aliphatic rings. The molecule has 0 bridgehead atoms. The molecule has 2 N–H and O–H groups in total. The van der Waals surface area contributed by atoms with E-state index in [9.17, 15) is 14.4 Å². The van der Waals surface area contributed by atoms with Crippen molar-refractivity contribution < 1.29 is 14.4 Å². The number of imide groups is 1. The van der Waals surface area contributed by atoms with Gasteiger partial charge in [-0.25, -0.2) is 0 Å². The first kappa shape index (κ1) is 18.0. The molecule has 6 nitrogen and oxygen atoms in total. The van der Waals surface area contributed by atoms with Crippen molar-refractivity contribution in [3.63, 3.8) is 0 Å². The van der Waals surface area contributed by atoms with Crippen LogP contribution in [0.15, 0.2) is 54.7 Å². The summed E-state index contributed by atoms with van der Waals surface area (Å²) < 4.78 is 0. The highest BCUT2D eigenvalue weighted by atomic mass is 16.2. The number of H-pyrrole nitrogens is 1. The number of amides is 3. The van der Waals surface area contributed by atoms with Crippen molar-refractivity contribution in [2.45, 2.75) is 19.3 Å². The minimum absolute atomic E-state index is 0.0727. The Morgan fingerprint density at radius 3 is 2.39 bits per heavy atom. The summed E-state index contributed by atoms with van der Waals surface area (Å²) >= 11 is 0. The van der Waals surface area contributed by atoms with Gasteiger partial charge < -0.3 is 10.3 Å². The lowest BCUT2D eigenvalue weighted by atomic mass is 10.1. The van der Waals surface area contributed by atoms with E-state index in [1.807, 2.05) is 24.4 Å². The van der Waals surface area contributed by atoms with E-state index in [1.54, 1.807) is 24.3 Å². The fourth-order valence-corrected chi connectivity index (χ4v) is 3.60. The van der Waals surface area contributed by atoms with Gasteiger partial charge in [0.1, 0.15) is 0 Å². The number of aromatic nitrogens is 1. The van der Waals surface area contributed by atoms with Gasteiger partial charge in [0.15, 0.2) is 0 Å². The first-order chi connectivity index (χ1) is 13.6. The predicted octanol–water partition coefficient (Wildman–Crippen LogP) is 2.90. The summed E-state index contributed by atoms with van der Waals surface area (Å²) in [5, 5.41) is 4.08. The molecule has 0 unspecified atom stereocenters. The van der Waals surface area contributed by atoms with Crippen molar-refractivity contribution in [1.82, 2.24) is 15.2 Å². The minimum atomic E-state index is -0.277. The number of fused-ring (bicyclic) bond motifs is 2. The summed E-state index contributed by atoms with van der Waals surface area (Å²) in [7, 11) is 0. The van der Waals surface area contributed by atoms with E-state index < -0.39 is 0 Å². The van der Waals surface area contributed by atoms with Crippen LogP contribution in [0.1, 0.15) is 39.1 Å². The third-order valence-electron chi connectivity index (χ3n) is 5.06. The lowest BCUT2D eigenvalue weighted by molar-refractivity contribution is -0.121. The minimum Gasteiger partial charge on any atom is -0.361 e. The molecule has 6 heteroatoms. The number of carbonyl (C=O) groups is 3. The van der Waals surface area contributed by atoms with Crippen molar-refractivity contribution in [1.29, 1.82) is 0 Å². The molecule has 3 amide bonds. The van der Waals surface area contributed by atoms with Gasteiger partial charge in [0.05, 0.1) is 11.1 Å². The summed E-state index contributed by atoms with van der Waals surface area (Å²) in [5.74, 6) is -0.628. The SMILES string of the molecule is O=C(CCCN1C(=O)c2ccccc2C1=O)NCCc1c[nH]c2ccccc12. The highest BCUT2D eigenvalue weighted by Gasteiger charge is 2.34. The Morgan fingerprint density at radius 2 is 1.64 bits per heavy atom. The van der Waals surface area contributed by atoms with E-state index in [-0.39, 0.29) is 30.7 Å².